The SMILES string of the molecule is Cc1cc(C(=O)NC2(CBr)CCCC(C)C2)ccc1Br. The second-order valence-corrected chi connectivity index (χ2v) is 7.45. The van der Waals surface area contributed by atoms with Crippen LogP contribution in [0.4, 0.5) is 0 Å². The Bertz CT molecular complexity index is 503. The molecule has 110 valence electrons. The monoisotopic (exact) mass is 401 g/mol. The quantitative estimate of drug-likeness (QED) is 0.720. The van der Waals surface area contributed by atoms with Crippen LogP contribution in [0, 0.1) is 12.8 Å². The number of rotatable bonds is 3. The van der Waals surface area contributed by atoms with Gasteiger partial charge in [0.05, 0.1) is 5.54 Å². The summed E-state index contributed by atoms with van der Waals surface area (Å²) in [4.78, 5) is 12.5. The van der Waals surface area contributed by atoms with Gasteiger partial charge in [-0.25, -0.2) is 0 Å². The number of nitrogens with one attached hydrogen (secondary N) is 1. The van der Waals surface area contributed by atoms with Crippen molar-refractivity contribution in [2.75, 3.05) is 5.33 Å². The van der Waals surface area contributed by atoms with E-state index in [4.69, 9.17) is 0 Å². The van der Waals surface area contributed by atoms with Gasteiger partial charge in [0.2, 0.25) is 0 Å². The van der Waals surface area contributed by atoms with Gasteiger partial charge in [0.25, 0.3) is 5.91 Å². The van der Waals surface area contributed by atoms with Gasteiger partial charge in [-0.3, -0.25) is 4.79 Å². The highest BCUT2D eigenvalue weighted by Gasteiger charge is 2.35. The number of alkyl halides is 1. The molecule has 1 amide bonds. The van der Waals surface area contributed by atoms with E-state index in [1.165, 1.54) is 12.8 Å². The molecule has 0 aromatic heterocycles. The number of hydrogen-bond donors (Lipinski definition) is 1. The minimum atomic E-state index is -0.0876. The van der Waals surface area contributed by atoms with Crippen molar-refractivity contribution >= 4 is 37.8 Å². The average Bonchev–Trinajstić information content (AvgIpc) is 2.41. The highest BCUT2D eigenvalue weighted by molar-refractivity contribution is 9.10. The summed E-state index contributed by atoms with van der Waals surface area (Å²) < 4.78 is 1.04. The van der Waals surface area contributed by atoms with E-state index < -0.39 is 0 Å². The van der Waals surface area contributed by atoms with Crippen molar-refractivity contribution in [1.82, 2.24) is 5.32 Å². The molecule has 0 saturated heterocycles. The van der Waals surface area contributed by atoms with Crippen LogP contribution < -0.4 is 5.32 Å². The third kappa shape index (κ3) is 3.64. The Morgan fingerprint density at radius 1 is 1.50 bits per heavy atom. The van der Waals surface area contributed by atoms with E-state index in [2.05, 4.69) is 44.1 Å². The van der Waals surface area contributed by atoms with Gasteiger partial charge < -0.3 is 5.32 Å². The smallest absolute Gasteiger partial charge is 0.251 e. The molecule has 2 atom stereocenters. The Kier molecular flexibility index (Phi) is 5.30. The zero-order chi connectivity index (χ0) is 14.8. The minimum Gasteiger partial charge on any atom is -0.346 e. The van der Waals surface area contributed by atoms with E-state index >= 15 is 0 Å². The molecule has 2 unspecified atom stereocenters. The number of carbonyl (C=O) groups is 1. The third-order valence-electron chi connectivity index (χ3n) is 4.15. The molecule has 20 heavy (non-hydrogen) atoms. The molecule has 1 aliphatic carbocycles. The van der Waals surface area contributed by atoms with Crippen molar-refractivity contribution in [3.8, 4) is 0 Å². The molecule has 2 rings (SSSR count). The standard InChI is InChI=1S/C16H21Br2NO/c1-11-4-3-7-16(9-11,10-17)19-15(20)13-5-6-14(18)12(2)8-13/h5-6,8,11H,3-4,7,9-10H2,1-2H3,(H,19,20). The maximum atomic E-state index is 12.5. The number of aryl methyl sites for hydroxylation is 1. The molecule has 1 saturated carbocycles. The van der Waals surface area contributed by atoms with Gasteiger partial charge in [-0.05, 0) is 49.4 Å². The lowest BCUT2D eigenvalue weighted by molar-refractivity contribution is 0.0869. The Morgan fingerprint density at radius 3 is 2.85 bits per heavy atom. The molecular weight excluding hydrogens is 382 g/mol. The molecule has 0 heterocycles. The fourth-order valence-electron chi connectivity index (χ4n) is 3.03. The van der Waals surface area contributed by atoms with Gasteiger partial charge in [0.15, 0.2) is 0 Å². The van der Waals surface area contributed by atoms with E-state index in [1.54, 1.807) is 0 Å². The number of amides is 1. The molecule has 1 N–H and O–H groups in total. The van der Waals surface area contributed by atoms with Crippen LogP contribution in [-0.4, -0.2) is 16.8 Å². The van der Waals surface area contributed by atoms with Gasteiger partial charge in [0, 0.05) is 15.4 Å². The van der Waals surface area contributed by atoms with Gasteiger partial charge in [-0.15, -0.1) is 0 Å². The van der Waals surface area contributed by atoms with Crippen molar-refractivity contribution in [2.45, 2.75) is 45.1 Å². The van der Waals surface area contributed by atoms with Crippen LogP contribution in [0.5, 0.6) is 0 Å². The van der Waals surface area contributed by atoms with E-state index in [-0.39, 0.29) is 11.4 Å². The van der Waals surface area contributed by atoms with E-state index in [0.29, 0.717) is 5.92 Å². The maximum absolute atomic E-state index is 12.5. The first-order chi connectivity index (χ1) is 9.46. The summed E-state index contributed by atoms with van der Waals surface area (Å²) in [6, 6.07) is 5.75. The fraction of sp³-hybridized carbons (Fsp3) is 0.562. The first-order valence-corrected chi connectivity index (χ1v) is 9.02. The summed E-state index contributed by atoms with van der Waals surface area (Å²) in [5.74, 6) is 0.711. The molecule has 0 spiro atoms. The van der Waals surface area contributed by atoms with Crippen molar-refractivity contribution in [3.05, 3.63) is 33.8 Å². The summed E-state index contributed by atoms with van der Waals surface area (Å²) in [6.45, 7) is 4.27. The largest absolute Gasteiger partial charge is 0.346 e. The van der Waals surface area contributed by atoms with E-state index in [0.717, 1.165) is 33.8 Å². The highest BCUT2D eigenvalue weighted by Crippen LogP contribution is 2.34. The molecule has 1 aromatic carbocycles. The molecule has 4 heteroatoms. The minimum absolute atomic E-state index is 0.0363. The normalized spacial score (nSPS) is 26.3. The molecule has 1 aliphatic rings. The maximum Gasteiger partial charge on any atom is 0.251 e. The van der Waals surface area contributed by atoms with Gasteiger partial charge >= 0.3 is 0 Å². The molecule has 1 fully saturated rings. The summed E-state index contributed by atoms with van der Waals surface area (Å²) in [7, 11) is 0. The molecule has 0 radical (unpaired) electrons. The van der Waals surface area contributed by atoms with Crippen LogP contribution in [0.1, 0.15) is 48.5 Å². The molecule has 0 aliphatic heterocycles. The number of benzene rings is 1. The second-order valence-electron chi connectivity index (χ2n) is 6.03. The summed E-state index contributed by atoms with van der Waals surface area (Å²) >= 11 is 7.07. The van der Waals surface area contributed by atoms with E-state index in [9.17, 15) is 4.79 Å². The van der Waals surface area contributed by atoms with E-state index in [1.807, 2.05) is 25.1 Å². The van der Waals surface area contributed by atoms with Gasteiger partial charge in [0.1, 0.15) is 0 Å². The van der Waals surface area contributed by atoms with Crippen LogP contribution in [0.2, 0.25) is 0 Å². The van der Waals surface area contributed by atoms with Crippen molar-refractivity contribution in [2.24, 2.45) is 5.92 Å². The van der Waals surface area contributed by atoms with Gasteiger partial charge in [-0.1, -0.05) is 51.6 Å². The summed E-state index contributed by atoms with van der Waals surface area (Å²) in [5, 5.41) is 4.10. The summed E-state index contributed by atoms with van der Waals surface area (Å²) in [5.41, 5.74) is 1.74. The van der Waals surface area contributed by atoms with Crippen LogP contribution in [0.15, 0.2) is 22.7 Å². The molecule has 0 bridgehead atoms. The first kappa shape index (κ1) is 16.0. The molecular formula is C16H21Br2NO. The first-order valence-electron chi connectivity index (χ1n) is 7.10. The Balaban J connectivity index is 2.14. The van der Waals surface area contributed by atoms with Crippen LogP contribution in [0.25, 0.3) is 0 Å². The third-order valence-corrected chi connectivity index (χ3v) is 6.11. The van der Waals surface area contributed by atoms with Crippen molar-refractivity contribution in [3.63, 3.8) is 0 Å². The molecule has 1 aromatic rings. The van der Waals surface area contributed by atoms with Crippen LogP contribution in [-0.2, 0) is 0 Å². The predicted molar refractivity (Wildman–Crippen MR) is 90.5 cm³/mol. The van der Waals surface area contributed by atoms with Crippen LogP contribution >= 0.6 is 31.9 Å². The topological polar surface area (TPSA) is 29.1 Å². The Labute approximate surface area is 138 Å². The second kappa shape index (κ2) is 6.61. The molecule has 2 nitrogen and oxygen atoms in total. The zero-order valence-corrected chi connectivity index (χ0v) is 15.2. The predicted octanol–water partition coefficient (Wildman–Crippen LogP) is 4.83. The number of hydrogen-bond acceptors (Lipinski definition) is 1. The lowest BCUT2D eigenvalue weighted by atomic mass is 9.77. The Morgan fingerprint density at radius 2 is 2.25 bits per heavy atom. The number of halogens is 2. The van der Waals surface area contributed by atoms with Crippen molar-refractivity contribution < 1.29 is 4.79 Å². The fourth-order valence-corrected chi connectivity index (χ4v) is 3.92. The summed E-state index contributed by atoms with van der Waals surface area (Å²) in [6.07, 6.45) is 4.57. The zero-order valence-electron chi connectivity index (χ0n) is 12.0. The van der Waals surface area contributed by atoms with Crippen LogP contribution in [0.3, 0.4) is 0 Å². The highest BCUT2D eigenvalue weighted by atomic mass is 79.9. The number of carbonyl (C=O) groups excluding carboxylic acids is 1. The lowest BCUT2D eigenvalue weighted by Crippen LogP contribution is -2.52. The van der Waals surface area contributed by atoms with Crippen molar-refractivity contribution in [1.29, 1.82) is 0 Å². The lowest BCUT2D eigenvalue weighted by Gasteiger charge is -2.39. The Hall–Kier alpha value is -0.350. The van der Waals surface area contributed by atoms with Gasteiger partial charge in [-0.2, -0.15) is 0 Å². The average molecular weight is 403 g/mol.